The Bertz CT molecular complexity index is 228. The van der Waals surface area contributed by atoms with E-state index >= 15 is 0 Å². The average Bonchev–Trinajstić information content (AvgIpc) is 1.92. The Kier molecular flexibility index (Phi) is 2.68. The van der Waals surface area contributed by atoms with Crippen LogP contribution in [0.2, 0.25) is 0 Å². The monoisotopic (exact) mass is 247 g/mol. The van der Waals surface area contributed by atoms with Gasteiger partial charge in [0.15, 0.2) is 0 Å². The molecule has 0 aromatic rings. The summed E-state index contributed by atoms with van der Waals surface area (Å²) in [7, 11) is 0. The molecule has 3 heteroatoms. The van der Waals surface area contributed by atoms with E-state index < -0.39 is 0 Å². The number of nitrogens with one attached hydrogen (secondary N) is 1. The third-order valence-corrected chi connectivity index (χ3v) is 1.84. The van der Waals surface area contributed by atoms with Crippen molar-refractivity contribution in [3.8, 4) is 0 Å². The highest BCUT2D eigenvalue weighted by Crippen LogP contribution is 2.06. The van der Waals surface area contributed by atoms with Crippen LogP contribution in [0.25, 0.3) is 0 Å². The summed E-state index contributed by atoms with van der Waals surface area (Å²) in [4.78, 5) is 10.9. The second-order valence-electron chi connectivity index (χ2n) is 1.73. The van der Waals surface area contributed by atoms with E-state index in [0.29, 0.717) is 3.58 Å². The molecule has 0 fully saturated rings. The Morgan fingerprint density at radius 2 is 2.10 bits per heavy atom. The minimum atomic E-state index is -0.0544. The third kappa shape index (κ3) is 1.98. The molecular weight excluding hydrogens is 241 g/mol. The van der Waals surface area contributed by atoms with E-state index in [-0.39, 0.29) is 5.91 Å². The number of allylic oxidation sites excluding steroid dienone is 4. The molecule has 0 radical (unpaired) electrons. The van der Waals surface area contributed by atoms with Crippen molar-refractivity contribution in [3.05, 3.63) is 34.1 Å². The molecule has 0 atom stereocenters. The van der Waals surface area contributed by atoms with Gasteiger partial charge in [-0.2, -0.15) is 0 Å². The van der Waals surface area contributed by atoms with Crippen LogP contribution in [-0.2, 0) is 4.79 Å². The first-order valence-corrected chi connectivity index (χ1v) is 3.88. The van der Waals surface area contributed by atoms with Crippen LogP contribution in [0.4, 0.5) is 0 Å². The number of carbonyl (C=O) groups excluding carboxylic acids is 1. The summed E-state index contributed by atoms with van der Waals surface area (Å²) in [6.07, 6.45) is 8.84. The van der Waals surface area contributed by atoms with Gasteiger partial charge in [-0.05, 0) is 34.7 Å². The van der Waals surface area contributed by atoms with Crippen LogP contribution in [0.15, 0.2) is 34.1 Å². The summed E-state index contributed by atoms with van der Waals surface area (Å²) >= 11 is 1.99. The normalized spacial score (nSPS) is 17.3. The number of hydrogen-bond acceptors (Lipinski definition) is 1. The number of rotatable bonds is 0. The van der Waals surface area contributed by atoms with Gasteiger partial charge in [0.25, 0.3) is 5.91 Å². The fourth-order valence-electron chi connectivity index (χ4n) is 0.528. The SMILES string of the molecule is O=C1NC=CC=CC=C1I. The van der Waals surface area contributed by atoms with Crippen molar-refractivity contribution < 1.29 is 4.79 Å². The van der Waals surface area contributed by atoms with Gasteiger partial charge in [0, 0.05) is 6.20 Å². The molecule has 1 aliphatic rings. The molecule has 0 aromatic heterocycles. The molecule has 0 spiro atoms. The molecule has 1 rings (SSSR count). The van der Waals surface area contributed by atoms with Crippen LogP contribution < -0.4 is 5.32 Å². The van der Waals surface area contributed by atoms with Gasteiger partial charge < -0.3 is 5.32 Å². The molecule has 0 unspecified atom stereocenters. The molecular formula is C7H6INO. The summed E-state index contributed by atoms with van der Waals surface area (Å²) < 4.78 is 0.693. The lowest BCUT2D eigenvalue weighted by Crippen LogP contribution is -2.16. The van der Waals surface area contributed by atoms with Gasteiger partial charge in [-0.15, -0.1) is 0 Å². The van der Waals surface area contributed by atoms with Gasteiger partial charge in [0.2, 0.25) is 0 Å². The number of amides is 1. The van der Waals surface area contributed by atoms with Gasteiger partial charge >= 0.3 is 0 Å². The Hall–Kier alpha value is -0.580. The molecule has 2 nitrogen and oxygen atoms in total. The highest BCUT2D eigenvalue weighted by atomic mass is 127. The van der Waals surface area contributed by atoms with Crippen LogP contribution >= 0.6 is 22.6 Å². The van der Waals surface area contributed by atoms with Crippen LogP contribution in [0.3, 0.4) is 0 Å². The maximum atomic E-state index is 10.9. The zero-order valence-corrected chi connectivity index (χ0v) is 7.33. The van der Waals surface area contributed by atoms with E-state index in [4.69, 9.17) is 0 Å². The smallest absolute Gasteiger partial charge is 0.261 e. The number of carbonyl (C=O) groups is 1. The zero-order chi connectivity index (χ0) is 7.40. The van der Waals surface area contributed by atoms with Crippen LogP contribution in [0.1, 0.15) is 0 Å². The Morgan fingerprint density at radius 3 is 2.90 bits per heavy atom. The van der Waals surface area contributed by atoms with Crippen molar-refractivity contribution in [1.29, 1.82) is 0 Å². The molecule has 0 aliphatic carbocycles. The summed E-state index contributed by atoms with van der Waals surface area (Å²) in [5, 5.41) is 2.59. The Morgan fingerprint density at radius 1 is 1.30 bits per heavy atom. The first kappa shape index (κ1) is 7.53. The average molecular weight is 247 g/mol. The van der Waals surface area contributed by atoms with Gasteiger partial charge in [-0.25, -0.2) is 0 Å². The van der Waals surface area contributed by atoms with E-state index in [1.54, 1.807) is 18.4 Å². The van der Waals surface area contributed by atoms with Gasteiger partial charge in [-0.3, -0.25) is 4.79 Å². The fraction of sp³-hybridized carbons (Fsp3) is 0. The minimum absolute atomic E-state index is 0.0544. The topological polar surface area (TPSA) is 29.1 Å². The van der Waals surface area contributed by atoms with Gasteiger partial charge in [0.1, 0.15) is 0 Å². The Balaban J connectivity index is 2.83. The van der Waals surface area contributed by atoms with Crippen molar-refractivity contribution in [1.82, 2.24) is 5.32 Å². The van der Waals surface area contributed by atoms with Crippen molar-refractivity contribution in [3.63, 3.8) is 0 Å². The molecule has 0 saturated heterocycles. The summed E-state index contributed by atoms with van der Waals surface area (Å²) in [6.45, 7) is 0. The van der Waals surface area contributed by atoms with Crippen molar-refractivity contribution in [2.24, 2.45) is 0 Å². The van der Waals surface area contributed by atoms with E-state index in [1.807, 2.05) is 34.7 Å². The fourth-order valence-corrected chi connectivity index (χ4v) is 0.891. The number of halogens is 1. The van der Waals surface area contributed by atoms with Crippen LogP contribution in [0.5, 0.6) is 0 Å². The van der Waals surface area contributed by atoms with Gasteiger partial charge in [-0.1, -0.05) is 12.2 Å². The van der Waals surface area contributed by atoms with E-state index in [1.165, 1.54) is 0 Å². The maximum absolute atomic E-state index is 10.9. The molecule has 52 valence electrons. The van der Waals surface area contributed by atoms with Gasteiger partial charge in [0.05, 0.1) is 3.58 Å². The maximum Gasteiger partial charge on any atom is 0.261 e. The third-order valence-electron chi connectivity index (χ3n) is 0.992. The second-order valence-corrected chi connectivity index (χ2v) is 2.89. The second kappa shape index (κ2) is 3.55. The zero-order valence-electron chi connectivity index (χ0n) is 5.17. The molecule has 0 bridgehead atoms. The first-order valence-electron chi connectivity index (χ1n) is 2.80. The molecule has 0 saturated carbocycles. The molecule has 1 amide bonds. The van der Waals surface area contributed by atoms with Crippen molar-refractivity contribution in [2.45, 2.75) is 0 Å². The van der Waals surface area contributed by atoms with E-state index in [0.717, 1.165) is 0 Å². The molecule has 1 heterocycles. The lowest BCUT2D eigenvalue weighted by Gasteiger charge is -1.97. The standard InChI is InChI=1S/C7H6INO/c8-6-4-2-1-3-5-9-7(6)10/h1-5H,(H,9,10). The quantitative estimate of drug-likeness (QED) is 0.646. The number of hydrogen-bond donors (Lipinski definition) is 1. The largest absolute Gasteiger partial charge is 0.328 e. The summed E-state index contributed by atoms with van der Waals surface area (Å²) in [6, 6.07) is 0. The molecule has 1 N–H and O–H groups in total. The Labute approximate surface area is 72.8 Å². The van der Waals surface area contributed by atoms with Crippen LogP contribution in [0, 0.1) is 0 Å². The van der Waals surface area contributed by atoms with E-state index in [9.17, 15) is 4.79 Å². The summed E-state index contributed by atoms with van der Waals surface area (Å²) in [5.41, 5.74) is 0. The molecule has 0 aromatic carbocycles. The predicted molar refractivity (Wildman–Crippen MR) is 48.5 cm³/mol. The van der Waals surface area contributed by atoms with Crippen LogP contribution in [-0.4, -0.2) is 5.91 Å². The highest BCUT2D eigenvalue weighted by molar-refractivity contribution is 14.1. The molecule has 1 aliphatic heterocycles. The van der Waals surface area contributed by atoms with Crippen molar-refractivity contribution in [2.75, 3.05) is 0 Å². The first-order chi connectivity index (χ1) is 4.80. The highest BCUT2D eigenvalue weighted by Gasteiger charge is 2.01. The minimum Gasteiger partial charge on any atom is -0.328 e. The predicted octanol–water partition coefficient (Wildman–Crippen LogP) is 1.51. The van der Waals surface area contributed by atoms with E-state index in [2.05, 4.69) is 5.32 Å². The van der Waals surface area contributed by atoms with Crippen molar-refractivity contribution >= 4 is 28.5 Å². The lowest BCUT2D eigenvalue weighted by atomic mass is 10.4. The summed E-state index contributed by atoms with van der Waals surface area (Å²) in [5.74, 6) is -0.0544. The lowest BCUT2D eigenvalue weighted by molar-refractivity contribution is -0.115. The molecule has 10 heavy (non-hydrogen) atoms.